The third-order valence-electron chi connectivity index (χ3n) is 4.86. The Bertz CT molecular complexity index is 1050. The summed E-state index contributed by atoms with van der Waals surface area (Å²) in [7, 11) is 0. The highest BCUT2D eigenvalue weighted by atomic mass is 16.5. The molecule has 0 unspecified atom stereocenters. The Labute approximate surface area is 170 Å². The molecule has 0 bridgehead atoms. The number of rotatable bonds is 4. The number of benzene rings is 2. The van der Waals surface area contributed by atoms with E-state index < -0.39 is 6.09 Å². The summed E-state index contributed by atoms with van der Waals surface area (Å²) in [5.41, 5.74) is 5.70. The van der Waals surface area contributed by atoms with Crippen molar-refractivity contribution in [1.29, 1.82) is 0 Å². The van der Waals surface area contributed by atoms with Crippen molar-refractivity contribution in [1.82, 2.24) is 15.3 Å². The largest absolute Gasteiger partial charge is 0.449 e. The summed E-state index contributed by atoms with van der Waals surface area (Å²) in [6.07, 6.45) is 1.75. The standard InChI is InChI=1S/C24H21N3O2/c1-17-13-15-25-23(27-17)12-6-7-14-26-24(28)29-16-22-20-10-4-2-8-18(20)19-9-3-5-11-21(19)22/h2-5,8-11,13,15,22H,7,14,16H2,1H3,(H,26,28). The first-order chi connectivity index (χ1) is 14.2. The van der Waals surface area contributed by atoms with Gasteiger partial charge in [-0.05, 0) is 41.2 Å². The second-order valence-electron chi connectivity index (χ2n) is 6.83. The van der Waals surface area contributed by atoms with Crippen LogP contribution in [0.15, 0.2) is 60.8 Å². The van der Waals surface area contributed by atoms with Gasteiger partial charge in [-0.3, -0.25) is 0 Å². The quantitative estimate of drug-likeness (QED) is 0.545. The van der Waals surface area contributed by atoms with Crippen molar-refractivity contribution in [3.63, 3.8) is 0 Å². The number of hydrogen-bond donors (Lipinski definition) is 1. The molecule has 1 heterocycles. The highest BCUT2D eigenvalue weighted by Gasteiger charge is 2.28. The molecule has 0 radical (unpaired) electrons. The van der Waals surface area contributed by atoms with Crippen molar-refractivity contribution in [2.24, 2.45) is 0 Å². The van der Waals surface area contributed by atoms with Gasteiger partial charge in [0.05, 0.1) is 0 Å². The number of alkyl carbamates (subject to hydrolysis) is 1. The summed E-state index contributed by atoms with van der Waals surface area (Å²) in [6, 6.07) is 18.4. The normalized spacial score (nSPS) is 11.8. The first-order valence-electron chi connectivity index (χ1n) is 9.60. The Morgan fingerprint density at radius 1 is 1.07 bits per heavy atom. The number of aromatic nitrogens is 2. The van der Waals surface area contributed by atoms with Crippen LogP contribution in [-0.4, -0.2) is 29.2 Å². The Balaban J connectivity index is 1.29. The summed E-state index contributed by atoms with van der Waals surface area (Å²) in [4.78, 5) is 20.4. The maximum absolute atomic E-state index is 12.1. The maximum atomic E-state index is 12.1. The third kappa shape index (κ3) is 4.27. The lowest BCUT2D eigenvalue weighted by atomic mass is 9.98. The molecular formula is C24H21N3O2. The Morgan fingerprint density at radius 3 is 2.45 bits per heavy atom. The van der Waals surface area contributed by atoms with Crippen LogP contribution in [0.3, 0.4) is 0 Å². The topological polar surface area (TPSA) is 64.1 Å². The highest BCUT2D eigenvalue weighted by molar-refractivity contribution is 5.79. The second-order valence-corrected chi connectivity index (χ2v) is 6.83. The van der Waals surface area contributed by atoms with Gasteiger partial charge in [0.25, 0.3) is 0 Å². The van der Waals surface area contributed by atoms with Gasteiger partial charge in [0.15, 0.2) is 0 Å². The number of ether oxygens (including phenoxy) is 1. The molecular weight excluding hydrogens is 362 g/mol. The van der Waals surface area contributed by atoms with Crippen molar-refractivity contribution >= 4 is 6.09 Å². The van der Waals surface area contributed by atoms with E-state index in [4.69, 9.17) is 4.74 Å². The Kier molecular flexibility index (Phi) is 5.53. The molecule has 5 nitrogen and oxygen atoms in total. The van der Waals surface area contributed by atoms with E-state index in [0.717, 1.165) is 5.69 Å². The van der Waals surface area contributed by atoms with Gasteiger partial charge in [0.2, 0.25) is 5.82 Å². The fourth-order valence-corrected chi connectivity index (χ4v) is 3.53. The first-order valence-corrected chi connectivity index (χ1v) is 9.60. The molecule has 0 spiro atoms. The summed E-state index contributed by atoms with van der Waals surface area (Å²) in [5.74, 6) is 6.41. The second kappa shape index (κ2) is 8.57. The molecule has 2 aromatic carbocycles. The van der Waals surface area contributed by atoms with Crippen LogP contribution < -0.4 is 5.32 Å². The minimum absolute atomic E-state index is 0.0615. The maximum Gasteiger partial charge on any atom is 0.407 e. The monoisotopic (exact) mass is 383 g/mol. The van der Waals surface area contributed by atoms with Gasteiger partial charge >= 0.3 is 6.09 Å². The van der Waals surface area contributed by atoms with Crippen LogP contribution in [0.5, 0.6) is 0 Å². The van der Waals surface area contributed by atoms with E-state index in [1.807, 2.05) is 37.3 Å². The van der Waals surface area contributed by atoms with Gasteiger partial charge in [0.1, 0.15) is 6.61 Å². The van der Waals surface area contributed by atoms with Gasteiger partial charge in [-0.25, -0.2) is 14.8 Å². The zero-order chi connectivity index (χ0) is 20.1. The number of hydrogen-bond acceptors (Lipinski definition) is 4. The van der Waals surface area contributed by atoms with Gasteiger partial charge in [-0.2, -0.15) is 0 Å². The van der Waals surface area contributed by atoms with E-state index in [1.54, 1.807) is 6.20 Å². The van der Waals surface area contributed by atoms with Crippen molar-refractivity contribution in [3.8, 4) is 23.0 Å². The van der Waals surface area contributed by atoms with Crippen molar-refractivity contribution in [2.45, 2.75) is 19.3 Å². The van der Waals surface area contributed by atoms with Crippen LogP contribution in [0.4, 0.5) is 4.79 Å². The molecule has 1 amide bonds. The van der Waals surface area contributed by atoms with Gasteiger partial charge in [-0.1, -0.05) is 54.5 Å². The van der Waals surface area contributed by atoms with E-state index in [0.29, 0.717) is 25.4 Å². The van der Waals surface area contributed by atoms with Gasteiger partial charge < -0.3 is 10.1 Å². The number of amides is 1. The molecule has 1 aliphatic rings. The zero-order valence-corrected chi connectivity index (χ0v) is 16.2. The van der Waals surface area contributed by atoms with Crippen LogP contribution in [0.1, 0.15) is 35.0 Å². The predicted molar refractivity (Wildman–Crippen MR) is 111 cm³/mol. The lowest BCUT2D eigenvalue weighted by molar-refractivity contribution is 0.143. The number of carbonyl (C=O) groups is 1. The van der Waals surface area contributed by atoms with E-state index in [9.17, 15) is 4.79 Å². The number of fused-ring (bicyclic) bond motifs is 3. The minimum atomic E-state index is -0.430. The van der Waals surface area contributed by atoms with Gasteiger partial charge in [0, 0.05) is 30.8 Å². The van der Waals surface area contributed by atoms with Crippen LogP contribution >= 0.6 is 0 Å². The van der Waals surface area contributed by atoms with Crippen LogP contribution in [0, 0.1) is 18.8 Å². The SMILES string of the molecule is Cc1ccnc(C#CCCNC(=O)OCC2c3ccccc3-c3ccccc32)n1. The van der Waals surface area contributed by atoms with Crippen LogP contribution in [-0.2, 0) is 4.74 Å². The fraction of sp³-hybridized carbons (Fsp3) is 0.208. The van der Waals surface area contributed by atoms with E-state index in [-0.39, 0.29) is 5.92 Å². The van der Waals surface area contributed by atoms with Crippen molar-refractivity contribution < 1.29 is 9.53 Å². The fourth-order valence-electron chi connectivity index (χ4n) is 3.53. The number of nitrogens with one attached hydrogen (secondary N) is 1. The predicted octanol–water partition coefficient (Wildman–Crippen LogP) is 4.07. The molecule has 0 saturated heterocycles. The molecule has 0 saturated carbocycles. The molecule has 1 aliphatic carbocycles. The smallest absolute Gasteiger partial charge is 0.407 e. The van der Waals surface area contributed by atoms with Crippen molar-refractivity contribution in [2.75, 3.05) is 13.2 Å². The molecule has 0 fully saturated rings. The van der Waals surface area contributed by atoms with E-state index >= 15 is 0 Å². The lowest BCUT2D eigenvalue weighted by Crippen LogP contribution is -2.26. The molecule has 0 aliphatic heterocycles. The summed E-state index contributed by atoms with van der Waals surface area (Å²) in [5, 5.41) is 2.75. The Hall–Kier alpha value is -3.65. The summed E-state index contributed by atoms with van der Waals surface area (Å²) >= 11 is 0. The number of aryl methyl sites for hydroxylation is 1. The molecule has 1 aromatic heterocycles. The van der Waals surface area contributed by atoms with E-state index in [1.165, 1.54) is 22.3 Å². The number of nitrogens with zero attached hydrogens (tertiary/aromatic N) is 2. The third-order valence-corrected chi connectivity index (χ3v) is 4.86. The molecule has 29 heavy (non-hydrogen) atoms. The van der Waals surface area contributed by atoms with E-state index in [2.05, 4.69) is 51.4 Å². The molecule has 3 aromatic rings. The van der Waals surface area contributed by atoms with Gasteiger partial charge in [-0.15, -0.1) is 0 Å². The lowest BCUT2D eigenvalue weighted by Gasteiger charge is -2.14. The Morgan fingerprint density at radius 2 is 1.76 bits per heavy atom. The average Bonchev–Trinajstić information content (AvgIpc) is 3.06. The number of carbonyl (C=O) groups excluding carboxylic acids is 1. The molecule has 0 atom stereocenters. The summed E-state index contributed by atoms with van der Waals surface area (Å²) < 4.78 is 5.50. The molecule has 5 heteroatoms. The molecule has 4 rings (SSSR count). The van der Waals surface area contributed by atoms with Crippen LogP contribution in [0.25, 0.3) is 11.1 Å². The minimum Gasteiger partial charge on any atom is -0.449 e. The molecule has 144 valence electrons. The summed E-state index contributed by atoms with van der Waals surface area (Å²) in [6.45, 7) is 2.61. The first kappa shape index (κ1) is 18.7. The van der Waals surface area contributed by atoms with Crippen LogP contribution in [0.2, 0.25) is 0 Å². The highest BCUT2D eigenvalue weighted by Crippen LogP contribution is 2.44. The van der Waals surface area contributed by atoms with Crippen molar-refractivity contribution in [3.05, 3.63) is 83.4 Å². The average molecular weight is 383 g/mol. The zero-order valence-electron chi connectivity index (χ0n) is 16.2. The molecule has 1 N–H and O–H groups in total.